The highest BCUT2D eigenvalue weighted by Crippen LogP contribution is 2.33. The highest BCUT2D eigenvalue weighted by atomic mass is 79.9. The summed E-state index contributed by atoms with van der Waals surface area (Å²) in [6.07, 6.45) is 0.482. The van der Waals surface area contributed by atoms with Gasteiger partial charge in [-0.25, -0.2) is 0 Å². The van der Waals surface area contributed by atoms with Crippen LogP contribution in [0.5, 0.6) is 0 Å². The van der Waals surface area contributed by atoms with Gasteiger partial charge in [0.1, 0.15) is 0 Å². The summed E-state index contributed by atoms with van der Waals surface area (Å²) in [5, 5.41) is 6.39. The standard InChI is InChI=1S/C15H15BrN2OS/c1-2-17-15(12-5-6-13(16)20-12)9-3-4-11-10(7-9)8-14(19)18-11/h3-7,15,17H,2,8H2,1H3,(H,18,19). The molecule has 1 aromatic heterocycles. The van der Waals surface area contributed by atoms with Crippen LogP contribution in [0.15, 0.2) is 34.1 Å². The van der Waals surface area contributed by atoms with E-state index in [-0.39, 0.29) is 11.9 Å². The smallest absolute Gasteiger partial charge is 0.228 e. The van der Waals surface area contributed by atoms with Crippen molar-refractivity contribution in [2.75, 3.05) is 11.9 Å². The Labute approximate surface area is 130 Å². The van der Waals surface area contributed by atoms with Gasteiger partial charge in [-0.1, -0.05) is 19.1 Å². The van der Waals surface area contributed by atoms with Crippen LogP contribution in [-0.2, 0) is 11.2 Å². The number of thiophene rings is 1. The third-order valence-electron chi connectivity index (χ3n) is 3.37. The fourth-order valence-corrected chi connectivity index (χ4v) is 4.03. The number of halogens is 1. The van der Waals surface area contributed by atoms with Gasteiger partial charge in [0, 0.05) is 10.6 Å². The van der Waals surface area contributed by atoms with Crippen molar-refractivity contribution in [1.82, 2.24) is 5.32 Å². The predicted molar refractivity (Wildman–Crippen MR) is 86.3 cm³/mol. The van der Waals surface area contributed by atoms with Crippen LogP contribution in [0.25, 0.3) is 0 Å². The van der Waals surface area contributed by atoms with Crippen LogP contribution in [0.3, 0.4) is 0 Å². The van der Waals surface area contributed by atoms with Crippen LogP contribution >= 0.6 is 27.3 Å². The molecular formula is C15H15BrN2OS. The molecule has 1 atom stereocenters. The van der Waals surface area contributed by atoms with Crippen LogP contribution in [0.1, 0.15) is 29.0 Å². The molecule has 1 aliphatic rings. The second-order valence-electron chi connectivity index (χ2n) is 4.77. The zero-order valence-electron chi connectivity index (χ0n) is 11.1. The van der Waals surface area contributed by atoms with E-state index in [9.17, 15) is 4.79 Å². The summed E-state index contributed by atoms with van der Waals surface area (Å²) < 4.78 is 1.13. The highest BCUT2D eigenvalue weighted by Gasteiger charge is 2.21. The number of hydrogen-bond acceptors (Lipinski definition) is 3. The molecule has 3 nitrogen and oxygen atoms in total. The number of anilines is 1. The van der Waals surface area contributed by atoms with E-state index in [0.29, 0.717) is 6.42 Å². The second-order valence-corrected chi connectivity index (χ2v) is 7.27. The molecule has 1 amide bonds. The van der Waals surface area contributed by atoms with Crippen LogP contribution in [0.2, 0.25) is 0 Å². The van der Waals surface area contributed by atoms with Gasteiger partial charge < -0.3 is 10.6 Å². The van der Waals surface area contributed by atoms with Gasteiger partial charge in [0.05, 0.1) is 16.2 Å². The molecule has 1 unspecified atom stereocenters. The van der Waals surface area contributed by atoms with E-state index in [1.165, 1.54) is 10.4 Å². The highest BCUT2D eigenvalue weighted by molar-refractivity contribution is 9.11. The quantitative estimate of drug-likeness (QED) is 0.882. The molecule has 2 heterocycles. The normalized spacial score (nSPS) is 15.0. The molecule has 0 saturated carbocycles. The first-order valence-electron chi connectivity index (χ1n) is 6.58. The van der Waals surface area contributed by atoms with Gasteiger partial charge in [-0.15, -0.1) is 11.3 Å². The maximum Gasteiger partial charge on any atom is 0.228 e. The van der Waals surface area contributed by atoms with Crippen LogP contribution in [0.4, 0.5) is 5.69 Å². The summed E-state index contributed by atoms with van der Waals surface area (Å²) in [5.41, 5.74) is 3.24. The van der Waals surface area contributed by atoms with Gasteiger partial charge in [-0.2, -0.15) is 0 Å². The Balaban J connectivity index is 1.96. The molecule has 2 aromatic rings. The first-order chi connectivity index (χ1) is 9.67. The number of rotatable bonds is 4. The minimum absolute atomic E-state index is 0.0796. The Kier molecular flexibility index (Phi) is 3.92. The molecule has 0 fully saturated rings. The molecule has 5 heteroatoms. The van der Waals surface area contributed by atoms with Crippen molar-refractivity contribution in [1.29, 1.82) is 0 Å². The molecular weight excluding hydrogens is 336 g/mol. The van der Waals surface area contributed by atoms with Gasteiger partial charge in [0.15, 0.2) is 0 Å². The monoisotopic (exact) mass is 350 g/mol. The maximum absolute atomic E-state index is 11.4. The lowest BCUT2D eigenvalue weighted by atomic mass is 10.0. The molecule has 2 N–H and O–H groups in total. The summed E-state index contributed by atoms with van der Waals surface area (Å²) in [5.74, 6) is 0.0796. The van der Waals surface area contributed by atoms with E-state index in [1.54, 1.807) is 11.3 Å². The van der Waals surface area contributed by atoms with E-state index >= 15 is 0 Å². The molecule has 20 heavy (non-hydrogen) atoms. The van der Waals surface area contributed by atoms with Crippen molar-refractivity contribution in [2.45, 2.75) is 19.4 Å². The minimum Gasteiger partial charge on any atom is -0.326 e. The average molecular weight is 351 g/mol. The van der Waals surface area contributed by atoms with Crippen molar-refractivity contribution in [2.24, 2.45) is 0 Å². The summed E-state index contributed by atoms with van der Waals surface area (Å²) >= 11 is 5.25. The summed E-state index contributed by atoms with van der Waals surface area (Å²) in [6.45, 7) is 3.00. The molecule has 1 aliphatic heterocycles. The van der Waals surface area contributed by atoms with Gasteiger partial charge >= 0.3 is 0 Å². The van der Waals surface area contributed by atoms with Crippen molar-refractivity contribution >= 4 is 38.9 Å². The van der Waals surface area contributed by atoms with E-state index in [4.69, 9.17) is 0 Å². The molecule has 0 radical (unpaired) electrons. The van der Waals surface area contributed by atoms with Crippen molar-refractivity contribution in [3.8, 4) is 0 Å². The number of carbonyl (C=O) groups excluding carboxylic acids is 1. The van der Waals surface area contributed by atoms with Crippen LogP contribution < -0.4 is 10.6 Å². The number of amides is 1. The molecule has 1 aromatic carbocycles. The number of fused-ring (bicyclic) bond motifs is 1. The second kappa shape index (κ2) is 5.68. The van der Waals surface area contributed by atoms with E-state index in [2.05, 4.69) is 57.8 Å². The van der Waals surface area contributed by atoms with Gasteiger partial charge in [0.2, 0.25) is 5.91 Å². The maximum atomic E-state index is 11.4. The fourth-order valence-electron chi connectivity index (χ4n) is 2.50. The fraction of sp³-hybridized carbons (Fsp3) is 0.267. The predicted octanol–water partition coefficient (Wildman–Crippen LogP) is 3.70. The largest absolute Gasteiger partial charge is 0.326 e. The first-order valence-corrected chi connectivity index (χ1v) is 8.19. The lowest BCUT2D eigenvalue weighted by molar-refractivity contribution is -0.115. The number of benzene rings is 1. The molecule has 0 aliphatic carbocycles. The Hall–Kier alpha value is -1.17. The van der Waals surface area contributed by atoms with Gasteiger partial charge in [-0.05, 0) is 51.8 Å². The SMILES string of the molecule is CCNC(c1ccc2c(c1)CC(=O)N2)c1ccc(Br)s1. The van der Waals surface area contributed by atoms with Crippen LogP contribution in [0, 0.1) is 0 Å². The van der Waals surface area contributed by atoms with Crippen LogP contribution in [-0.4, -0.2) is 12.5 Å². The molecule has 0 saturated heterocycles. The summed E-state index contributed by atoms with van der Waals surface area (Å²) in [4.78, 5) is 12.7. The molecule has 104 valence electrons. The number of nitrogens with one attached hydrogen (secondary N) is 2. The lowest BCUT2D eigenvalue weighted by Crippen LogP contribution is -2.21. The third kappa shape index (κ3) is 2.66. The zero-order chi connectivity index (χ0) is 14.1. The average Bonchev–Trinajstić information content (AvgIpc) is 3.00. The Morgan fingerprint density at radius 1 is 1.40 bits per heavy atom. The van der Waals surface area contributed by atoms with E-state index in [0.717, 1.165) is 21.6 Å². The molecule has 0 bridgehead atoms. The zero-order valence-corrected chi connectivity index (χ0v) is 13.5. The Morgan fingerprint density at radius 2 is 2.25 bits per heavy atom. The molecule has 3 rings (SSSR count). The Morgan fingerprint density at radius 3 is 2.95 bits per heavy atom. The summed E-state index contributed by atoms with van der Waals surface area (Å²) in [6, 6.07) is 10.6. The molecule has 0 spiro atoms. The minimum atomic E-state index is 0.0796. The lowest BCUT2D eigenvalue weighted by Gasteiger charge is -2.17. The first kappa shape index (κ1) is 13.8. The summed E-state index contributed by atoms with van der Waals surface area (Å²) in [7, 11) is 0. The van der Waals surface area contributed by atoms with Gasteiger partial charge in [0.25, 0.3) is 0 Å². The number of hydrogen-bond donors (Lipinski definition) is 2. The van der Waals surface area contributed by atoms with Crippen molar-refractivity contribution in [3.05, 3.63) is 50.1 Å². The van der Waals surface area contributed by atoms with E-state index in [1.807, 2.05) is 6.07 Å². The Bertz CT molecular complexity index is 653. The topological polar surface area (TPSA) is 41.1 Å². The van der Waals surface area contributed by atoms with E-state index < -0.39 is 0 Å². The van der Waals surface area contributed by atoms with Gasteiger partial charge in [-0.3, -0.25) is 4.79 Å². The van der Waals surface area contributed by atoms with Crippen molar-refractivity contribution < 1.29 is 4.79 Å². The third-order valence-corrected chi connectivity index (χ3v) is 5.06. The van der Waals surface area contributed by atoms with Crippen molar-refractivity contribution in [3.63, 3.8) is 0 Å². The number of carbonyl (C=O) groups is 1.